The summed E-state index contributed by atoms with van der Waals surface area (Å²) in [6, 6.07) is 5.05. The number of aromatic nitrogens is 5. The van der Waals surface area contributed by atoms with Gasteiger partial charge in [0, 0.05) is 22.3 Å². The van der Waals surface area contributed by atoms with Crippen LogP contribution in [0.2, 0.25) is 5.02 Å². The van der Waals surface area contributed by atoms with Gasteiger partial charge in [0.2, 0.25) is 0 Å². The predicted octanol–water partition coefficient (Wildman–Crippen LogP) is 3.78. The fraction of sp³-hybridized carbons (Fsp3) is 0.320. The highest BCUT2D eigenvalue weighted by atomic mass is 35.5. The quantitative estimate of drug-likeness (QED) is 0.305. The molecule has 3 N–H and O–H groups in total. The molecule has 9 nitrogen and oxygen atoms in total. The fourth-order valence-corrected chi connectivity index (χ4v) is 4.87. The predicted molar refractivity (Wildman–Crippen MR) is 129 cm³/mol. The van der Waals surface area contributed by atoms with Crippen molar-refractivity contribution in [2.24, 2.45) is 0 Å². The first-order valence-corrected chi connectivity index (χ1v) is 12.2. The molecule has 3 heterocycles. The lowest BCUT2D eigenvalue weighted by atomic mass is 9.92. The van der Waals surface area contributed by atoms with E-state index in [0.29, 0.717) is 0 Å². The molecular weight excluding hydrogens is 565 g/mol. The highest BCUT2D eigenvalue weighted by Crippen LogP contribution is 2.41. The average Bonchev–Trinajstić information content (AvgIpc) is 3.52. The first-order chi connectivity index (χ1) is 18.9. The molecule has 1 aliphatic heterocycles. The molecule has 40 heavy (non-hydrogen) atoms. The number of aliphatic hydroxyl groups is 3. The summed E-state index contributed by atoms with van der Waals surface area (Å²) in [6.07, 6.45) is -8.51. The maximum atomic E-state index is 14.4. The van der Waals surface area contributed by atoms with Crippen LogP contribution in [-0.2, 0) is 10.9 Å². The van der Waals surface area contributed by atoms with E-state index < -0.39 is 66.1 Å². The van der Waals surface area contributed by atoms with Crippen molar-refractivity contribution >= 4 is 11.6 Å². The molecule has 15 heteroatoms. The minimum atomic E-state index is -4.80. The molecule has 0 radical (unpaired) electrons. The van der Waals surface area contributed by atoms with Gasteiger partial charge in [0.15, 0.2) is 17.5 Å². The van der Waals surface area contributed by atoms with Crippen LogP contribution in [0, 0.1) is 18.6 Å². The minimum absolute atomic E-state index is 0.0256. The summed E-state index contributed by atoms with van der Waals surface area (Å²) in [6.45, 7) is 0.668. The largest absolute Gasteiger partial charge is 0.418 e. The third-order valence-corrected chi connectivity index (χ3v) is 6.78. The Hall–Kier alpha value is -3.43. The van der Waals surface area contributed by atoms with Gasteiger partial charge in [-0.05, 0) is 31.2 Å². The second kappa shape index (κ2) is 10.5. The Morgan fingerprint density at radius 1 is 1.10 bits per heavy atom. The third-order valence-electron chi connectivity index (χ3n) is 6.55. The number of alkyl halides is 3. The van der Waals surface area contributed by atoms with E-state index in [0.717, 1.165) is 33.6 Å². The summed E-state index contributed by atoms with van der Waals surface area (Å²) in [4.78, 5) is 4.18. The summed E-state index contributed by atoms with van der Waals surface area (Å²) in [5.41, 5.74) is -1.59. The normalized spacial score (nSPS) is 23.5. The first kappa shape index (κ1) is 28.1. The molecule has 5 rings (SSSR count). The lowest BCUT2D eigenvalue weighted by Gasteiger charge is -2.42. The number of ether oxygens (including phenoxy) is 1. The SMILES string of the molecule is Cc1nc([C@@H]2O[C@H](CO)[C@H](O)[C@H](n3cc(-c4cccc(F)c4F)cn3)[C@H]2O)n(-c2cc(Cl)ccc2C(F)(F)F)n1. The number of hydrogen-bond acceptors (Lipinski definition) is 7. The van der Waals surface area contributed by atoms with E-state index in [2.05, 4.69) is 15.2 Å². The molecule has 0 amide bonds. The van der Waals surface area contributed by atoms with E-state index in [-0.39, 0.29) is 27.8 Å². The van der Waals surface area contributed by atoms with Crippen molar-refractivity contribution in [2.45, 2.75) is 43.6 Å². The molecule has 1 saturated heterocycles. The van der Waals surface area contributed by atoms with Crippen LogP contribution in [0.3, 0.4) is 0 Å². The summed E-state index contributed by atoms with van der Waals surface area (Å²) in [5.74, 6) is -2.46. The van der Waals surface area contributed by atoms with Gasteiger partial charge >= 0.3 is 6.18 Å². The maximum absolute atomic E-state index is 14.4. The molecule has 0 bridgehead atoms. The Labute approximate surface area is 228 Å². The standard InChI is InChI=1S/C25H21ClF5N5O4/c1-11-33-24(36(34-11)17-7-13(26)5-6-15(17)25(29,30)31)23-22(39)20(21(38)18(10-37)40-23)35-9-12(8-32-35)14-3-2-4-16(27)19(14)28/h2-9,18,20-23,37-39H,10H2,1H3/t18-,20+,21+,22-,23-/m1/s1. The number of nitrogens with zero attached hydrogens (tertiary/aromatic N) is 5. The average molecular weight is 586 g/mol. The van der Waals surface area contributed by atoms with E-state index in [1.54, 1.807) is 0 Å². The molecule has 1 fully saturated rings. The maximum Gasteiger partial charge on any atom is 0.418 e. The Morgan fingerprint density at radius 3 is 2.55 bits per heavy atom. The monoisotopic (exact) mass is 585 g/mol. The van der Waals surface area contributed by atoms with Crippen molar-refractivity contribution in [2.75, 3.05) is 6.61 Å². The highest BCUT2D eigenvalue weighted by Gasteiger charge is 2.48. The highest BCUT2D eigenvalue weighted by molar-refractivity contribution is 6.30. The van der Waals surface area contributed by atoms with Gasteiger partial charge in [-0.25, -0.2) is 18.4 Å². The van der Waals surface area contributed by atoms with Gasteiger partial charge < -0.3 is 20.1 Å². The minimum Gasteiger partial charge on any atom is -0.394 e. The van der Waals surface area contributed by atoms with Gasteiger partial charge in [-0.3, -0.25) is 4.68 Å². The van der Waals surface area contributed by atoms with Gasteiger partial charge in [-0.1, -0.05) is 23.7 Å². The molecule has 5 atom stereocenters. The summed E-state index contributed by atoms with van der Waals surface area (Å²) in [7, 11) is 0. The summed E-state index contributed by atoms with van der Waals surface area (Å²) in [5, 5.41) is 40.3. The number of aryl methyl sites for hydroxylation is 1. The molecule has 2 aromatic heterocycles. The number of rotatable bonds is 5. The topological polar surface area (TPSA) is 118 Å². The van der Waals surface area contributed by atoms with Crippen molar-refractivity contribution in [3.8, 4) is 16.8 Å². The van der Waals surface area contributed by atoms with Crippen molar-refractivity contribution in [1.29, 1.82) is 0 Å². The molecule has 1 aliphatic rings. The Kier molecular flexibility index (Phi) is 7.39. The van der Waals surface area contributed by atoms with Gasteiger partial charge in [-0.2, -0.15) is 23.4 Å². The van der Waals surface area contributed by atoms with Gasteiger partial charge in [0.1, 0.15) is 36.3 Å². The Morgan fingerprint density at radius 2 is 1.85 bits per heavy atom. The van der Waals surface area contributed by atoms with E-state index >= 15 is 0 Å². The fourth-order valence-electron chi connectivity index (χ4n) is 4.71. The van der Waals surface area contributed by atoms with Crippen molar-refractivity contribution in [3.63, 3.8) is 0 Å². The molecule has 0 aliphatic carbocycles. The Balaban J connectivity index is 1.59. The van der Waals surface area contributed by atoms with Gasteiger partial charge in [0.25, 0.3) is 0 Å². The Bertz CT molecular complexity index is 1540. The zero-order valence-corrected chi connectivity index (χ0v) is 21.2. The van der Waals surface area contributed by atoms with Crippen LogP contribution in [0.25, 0.3) is 16.8 Å². The van der Waals surface area contributed by atoms with Crippen molar-refractivity contribution in [3.05, 3.63) is 82.7 Å². The smallest absolute Gasteiger partial charge is 0.394 e. The van der Waals surface area contributed by atoms with Gasteiger partial charge in [0.05, 0.1) is 24.1 Å². The lowest BCUT2D eigenvalue weighted by Crippen LogP contribution is -2.53. The second-order valence-corrected chi connectivity index (χ2v) is 9.58. The molecule has 4 aromatic rings. The second-order valence-electron chi connectivity index (χ2n) is 9.15. The lowest BCUT2D eigenvalue weighted by molar-refractivity contribution is -0.210. The van der Waals surface area contributed by atoms with Crippen LogP contribution >= 0.6 is 11.6 Å². The number of halogens is 6. The molecule has 212 valence electrons. The number of benzene rings is 2. The van der Waals surface area contributed by atoms with Crippen LogP contribution in [-0.4, -0.2) is 64.8 Å². The zero-order chi connectivity index (χ0) is 28.9. The van der Waals surface area contributed by atoms with Crippen molar-refractivity contribution < 1.29 is 42.0 Å². The van der Waals surface area contributed by atoms with Crippen LogP contribution in [0.1, 0.15) is 29.4 Å². The summed E-state index contributed by atoms with van der Waals surface area (Å²) >= 11 is 5.99. The van der Waals surface area contributed by atoms with E-state index in [1.165, 1.54) is 31.5 Å². The molecular formula is C25H21ClF5N5O4. The van der Waals surface area contributed by atoms with Crippen LogP contribution in [0.15, 0.2) is 48.8 Å². The molecule has 0 saturated carbocycles. The van der Waals surface area contributed by atoms with Crippen LogP contribution in [0.5, 0.6) is 0 Å². The number of hydrogen-bond donors (Lipinski definition) is 3. The third kappa shape index (κ3) is 4.97. The van der Waals surface area contributed by atoms with E-state index in [1.807, 2.05) is 0 Å². The molecule has 0 spiro atoms. The summed E-state index contributed by atoms with van der Waals surface area (Å²) < 4.78 is 77.4. The first-order valence-electron chi connectivity index (χ1n) is 11.8. The zero-order valence-electron chi connectivity index (χ0n) is 20.5. The molecule has 0 unspecified atom stereocenters. The van der Waals surface area contributed by atoms with Crippen LogP contribution in [0.4, 0.5) is 22.0 Å². The number of aliphatic hydroxyl groups excluding tert-OH is 3. The van der Waals surface area contributed by atoms with Gasteiger partial charge in [-0.15, -0.1) is 0 Å². The van der Waals surface area contributed by atoms with E-state index in [9.17, 15) is 37.3 Å². The van der Waals surface area contributed by atoms with Crippen LogP contribution < -0.4 is 0 Å². The van der Waals surface area contributed by atoms with Crippen molar-refractivity contribution in [1.82, 2.24) is 24.5 Å². The van der Waals surface area contributed by atoms with E-state index in [4.69, 9.17) is 16.3 Å². The molecule has 2 aromatic carbocycles.